The molecule has 1 rings (SSSR count). The molecule has 0 saturated heterocycles. The molecular weight excluding hydrogens is 216 g/mol. The lowest BCUT2D eigenvalue weighted by Crippen LogP contribution is -2.22. The second kappa shape index (κ2) is 6.25. The zero-order valence-corrected chi connectivity index (χ0v) is 10.6. The number of nitrogens with two attached hydrogens (primary N) is 1. The van der Waals surface area contributed by atoms with E-state index < -0.39 is 5.91 Å². The Balaban J connectivity index is 2.69. The van der Waals surface area contributed by atoms with Crippen LogP contribution in [0.25, 0.3) is 0 Å². The van der Waals surface area contributed by atoms with Gasteiger partial charge in [0, 0.05) is 23.9 Å². The van der Waals surface area contributed by atoms with Crippen LogP contribution in [0.5, 0.6) is 0 Å². The van der Waals surface area contributed by atoms with Crippen molar-refractivity contribution in [2.75, 3.05) is 18.5 Å². The fourth-order valence-electron chi connectivity index (χ4n) is 1.58. The van der Waals surface area contributed by atoms with Gasteiger partial charge in [-0.05, 0) is 44.5 Å². The second-order valence-electron chi connectivity index (χ2n) is 4.10. The van der Waals surface area contributed by atoms with Gasteiger partial charge in [0.15, 0.2) is 0 Å². The smallest absolute Gasteiger partial charge is 0.248 e. The minimum Gasteiger partial charge on any atom is -0.380 e. The SMILES string of the molecule is CCOCC(C)Nc1ccc(C(N)=O)cc1C. The third-order valence-corrected chi connectivity index (χ3v) is 2.48. The number of primary amides is 1. The number of hydrogen-bond donors (Lipinski definition) is 2. The predicted molar refractivity (Wildman–Crippen MR) is 69.3 cm³/mol. The molecule has 4 heteroatoms. The lowest BCUT2D eigenvalue weighted by molar-refractivity contribution is 0.1000. The number of nitrogens with one attached hydrogen (secondary N) is 1. The first-order chi connectivity index (χ1) is 8.04. The number of amides is 1. The Morgan fingerprint density at radius 1 is 1.53 bits per heavy atom. The van der Waals surface area contributed by atoms with E-state index in [0.717, 1.165) is 11.3 Å². The van der Waals surface area contributed by atoms with E-state index in [0.29, 0.717) is 18.8 Å². The van der Waals surface area contributed by atoms with Crippen LogP contribution >= 0.6 is 0 Å². The minimum atomic E-state index is -0.401. The van der Waals surface area contributed by atoms with Crippen LogP contribution in [0.3, 0.4) is 0 Å². The molecule has 0 aromatic heterocycles. The van der Waals surface area contributed by atoms with E-state index in [2.05, 4.69) is 12.2 Å². The molecule has 1 atom stereocenters. The second-order valence-corrected chi connectivity index (χ2v) is 4.10. The molecule has 0 aliphatic rings. The molecular formula is C13H20N2O2. The van der Waals surface area contributed by atoms with Gasteiger partial charge in [-0.25, -0.2) is 0 Å². The van der Waals surface area contributed by atoms with Gasteiger partial charge in [-0.15, -0.1) is 0 Å². The summed E-state index contributed by atoms with van der Waals surface area (Å²) in [5.41, 5.74) is 7.76. The van der Waals surface area contributed by atoms with E-state index >= 15 is 0 Å². The Morgan fingerprint density at radius 2 is 2.24 bits per heavy atom. The molecule has 0 heterocycles. The van der Waals surface area contributed by atoms with Crippen molar-refractivity contribution in [3.63, 3.8) is 0 Å². The molecule has 17 heavy (non-hydrogen) atoms. The van der Waals surface area contributed by atoms with Crippen molar-refractivity contribution in [3.05, 3.63) is 29.3 Å². The van der Waals surface area contributed by atoms with Crippen molar-refractivity contribution in [1.82, 2.24) is 0 Å². The van der Waals surface area contributed by atoms with Crippen LogP contribution in [-0.2, 0) is 4.74 Å². The van der Waals surface area contributed by atoms with E-state index in [9.17, 15) is 4.79 Å². The molecule has 1 unspecified atom stereocenters. The average molecular weight is 236 g/mol. The van der Waals surface area contributed by atoms with E-state index in [1.807, 2.05) is 19.9 Å². The molecule has 94 valence electrons. The maximum Gasteiger partial charge on any atom is 0.248 e. The van der Waals surface area contributed by atoms with Crippen LogP contribution in [0.4, 0.5) is 5.69 Å². The van der Waals surface area contributed by atoms with Crippen molar-refractivity contribution in [2.45, 2.75) is 26.8 Å². The van der Waals surface area contributed by atoms with E-state index in [1.165, 1.54) is 0 Å². The first kappa shape index (κ1) is 13.5. The highest BCUT2D eigenvalue weighted by Crippen LogP contribution is 2.17. The summed E-state index contributed by atoms with van der Waals surface area (Å²) in [6.45, 7) is 7.35. The van der Waals surface area contributed by atoms with Crippen molar-refractivity contribution >= 4 is 11.6 Å². The van der Waals surface area contributed by atoms with Crippen molar-refractivity contribution in [2.24, 2.45) is 5.73 Å². The first-order valence-corrected chi connectivity index (χ1v) is 5.79. The van der Waals surface area contributed by atoms with Crippen molar-refractivity contribution in [3.8, 4) is 0 Å². The summed E-state index contributed by atoms with van der Waals surface area (Å²) in [5.74, 6) is -0.401. The maximum absolute atomic E-state index is 11.0. The third kappa shape index (κ3) is 4.07. The number of carbonyl (C=O) groups is 1. The van der Waals surface area contributed by atoms with Crippen LogP contribution in [0.15, 0.2) is 18.2 Å². The van der Waals surface area contributed by atoms with Gasteiger partial charge in [-0.3, -0.25) is 4.79 Å². The minimum absolute atomic E-state index is 0.230. The van der Waals surface area contributed by atoms with Gasteiger partial charge < -0.3 is 15.8 Å². The zero-order valence-electron chi connectivity index (χ0n) is 10.6. The van der Waals surface area contributed by atoms with Gasteiger partial charge in [0.1, 0.15) is 0 Å². The van der Waals surface area contributed by atoms with Gasteiger partial charge in [-0.2, -0.15) is 0 Å². The highest BCUT2D eigenvalue weighted by Gasteiger charge is 2.06. The van der Waals surface area contributed by atoms with Crippen molar-refractivity contribution in [1.29, 1.82) is 0 Å². The van der Waals surface area contributed by atoms with E-state index in [1.54, 1.807) is 12.1 Å². The number of carbonyl (C=O) groups excluding carboxylic acids is 1. The Labute approximate surface area is 102 Å². The Morgan fingerprint density at radius 3 is 2.76 bits per heavy atom. The molecule has 1 aromatic carbocycles. The summed E-state index contributed by atoms with van der Waals surface area (Å²) in [6.07, 6.45) is 0. The molecule has 0 bridgehead atoms. The standard InChI is InChI=1S/C13H20N2O2/c1-4-17-8-10(3)15-12-6-5-11(13(14)16)7-9(12)2/h5-7,10,15H,4,8H2,1-3H3,(H2,14,16). The van der Waals surface area contributed by atoms with Gasteiger partial charge in [0.05, 0.1) is 6.61 Å². The van der Waals surface area contributed by atoms with Crippen LogP contribution in [-0.4, -0.2) is 25.2 Å². The number of hydrogen-bond acceptors (Lipinski definition) is 3. The lowest BCUT2D eigenvalue weighted by atomic mass is 10.1. The normalized spacial score (nSPS) is 12.2. The molecule has 0 aliphatic heterocycles. The first-order valence-electron chi connectivity index (χ1n) is 5.79. The summed E-state index contributed by atoms with van der Waals surface area (Å²) < 4.78 is 5.33. The van der Waals surface area contributed by atoms with Gasteiger partial charge in [-0.1, -0.05) is 0 Å². The molecule has 0 radical (unpaired) electrons. The van der Waals surface area contributed by atoms with Gasteiger partial charge >= 0.3 is 0 Å². The Bertz CT molecular complexity index is 391. The monoisotopic (exact) mass is 236 g/mol. The highest BCUT2D eigenvalue weighted by molar-refractivity contribution is 5.93. The lowest BCUT2D eigenvalue weighted by Gasteiger charge is -2.17. The number of rotatable bonds is 6. The van der Waals surface area contributed by atoms with Crippen LogP contribution in [0.1, 0.15) is 29.8 Å². The molecule has 0 saturated carbocycles. The summed E-state index contributed by atoms with van der Waals surface area (Å²) >= 11 is 0. The molecule has 4 nitrogen and oxygen atoms in total. The molecule has 1 aromatic rings. The number of ether oxygens (including phenoxy) is 1. The fraction of sp³-hybridized carbons (Fsp3) is 0.462. The zero-order chi connectivity index (χ0) is 12.8. The molecule has 0 fully saturated rings. The fourth-order valence-corrected chi connectivity index (χ4v) is 1.58. The molecule has 3 N–H and O–H groups in total. The average Bonchev–Trinajstić information content (AvgIpc) is 2.28. The Kier molecular flexibility index (Phi) is 4.97. The van der Waals surface area contributed by atoms with Gasteiger partial charge in [0.2, 0.25) is 5.91 Å². The summed E-state index contributed by atoms with van der Waals surface area (Å²) in [7, 11) is 0. The van der Waals surface area contributed by atoms with Crippen LogP contribution in [0.2, 0.25) is 0 Å². The van der Waals surface area contributed by atoms with E-state index in [4.69, 9.17) is 10.5 Å². The topological polar surface area (TPSA) is 64.3 Å². The molecule has 0 aliphatic carbocycles. The highest BCUT2D eigenvalue weighted by atomic mass is 16.5. The number of anilines is 1. The molecule has 0 spiro atoms. The van der Waals surface area contributed by atoms with Crippen LogP contribution in [0, 0.1) is 6.92 Å². The predicted octanol–water partition coefficient (Wildman–Crippen LogP) is 1.93. The van der Waals surface area contributed by atoms with E-state index in [-0.39, 0.29) is 6.04 Å². The van der Waals surface area contributed by atoms with Gasteiger partial charge in [0.25, 0.3) is 0 Å². The number of benzene rings is 1. The summed E-state index contributed by atoms with van der Waals surface area (Å²) in [4.78, 5) is 11.0. The summed E-state index contributed by atoms with van der Waals surface area (Å²) in [6, 6.07) is 5.62. The maximum atomic E-state index is 11.0. The molecule has 1 amide bonds. The van der Waals surface area contributed by atoms with Crippen molar-refractivity contribution < 1.29 is 9.53 Å². The number of aryl methyl sites for hydroxylation is 1. The summed E-state index contributed by atoms with van der Waals surface area (Å²) in [5, 5.41) is 3.33. The largest absolute Gasteiger partial charge is 0.380 e. The van der Waals surface area contributed by atoms with Crippen LogP contribution < -0.4 is 11.1 Å². The quantitative estimate of drug-likeness (QED) is 0.793. The third-order valence-electron chi connectivity index (χ3n) is 2.48. The Hall–Kier alpha value is -1.55.